The molecule has 0 aromatic heterocycles. The topological polar surface area (TPSA) is 123 Å². The summed E-state index contributed by atoms with van der Waals surface area (Å²) in [5, 5.41) is 41.5. The zero-order valence-electron chi connectivity index (χ0n) is 26.3. The molecule has 0 spiro atoms. The van der Waals surface area contributed by atoms with Gasteiger partial charge in [-0.3, -0.25) is 9.98 Å². The molecule has 0 aliphatic heterocycles. The van der Waals surface area contributed by atoms with Gasteiger partial charge in [-0.2, -0.15) is 0 Å². The molecule has 2 aromatic rings. The predicted molar refractivity (Wildman–Crippen MR) is 161 cm³/mol. The van der Waals surface area contributed by atoms with Crippen molar-refractivity contribution >= 4 is 11.4 Å². The first-order valence-corrected chi connectivity index (χ1v) is 13.2. The molecule has 0 amide bonds. The van der Waals surface area contributed by atoms with Gasteiger partial charge in [-0.15, -0.1) is 24.7 Å². The first-order valence-electron chi connectivity index (χ1n) is 13.2. The molecule has 0 fully saturated rings. The minimum Gasteiger partial charge on any atom is -0.876 e. The number of hydrogen-bond acceptors (Lipinski definition) is 8. The van der Waals surface area contributed by atoms with Gasteiger partial charge in [0, 0.05) is 24.5 Å². The van der Waals surface area contributed by atoms with Crippen LogP contribution in [-0.2, 0) is 47.4 Å². The first-order chi connectivity index (χ1) is 18.9. The molecule has 234 valence electrons. The Bertz CT molecular complexity index is 909. The van der Waals surface area contributed by atoms with Crippen molar-refractivity contribution in [2.24, 2.45) is 9.98 Å². The zero-order chi connectivity index (χ0) is 30.8. The molecule has 0 saturated heterocycles. The number of allylic oxidation sites excluding steroid dienone is 4. The standard InChI is InChI=1S/2C9H18N2O.2C7H7O.2Fe/c2*1-8(7-9(2)12)10-5-6-11(3)4;2*8-6-7-4-2-1-3-5-7;;/h2*7,12H,5-6H2,1-4H3;2*1-5H,6H2;;/q;;2*-1;2*+3/p-2/b2*9-7-,10-8?;;;;. The Balaban J connectivity index is -0.000000229. The Morgan fingerprint density at radius 1 is 0.595 bits per heavy atom. The molecule has 2 radical (unpaired) electrons. The van der Waals surface area contributed by atoms with E-state index < -0.39 is 0 Å². The second-order valence-corrected chi connectivity index (χ2v) is 9.42. The molecular formula is C32H48Fe2N4O4+2. The number of likely N-dealkylation sites (N-methyl/N-ethyl adjacent to an activating group) is 2. The molecule has 0 aliphatic carbocycles. The van der Waals surface area contributed by atoms with Gasteiger partial charge in [-0.1, -0.05) is 97.8 Å². The van der Waals surface area contributed by atoms with Crippen LogP contribution in [0.3, 0.4) is 0 Å². The maximum Gasteiger partial charge on any atom is 3.00 e. The summed E-state index contributed by atoms with van der Waals surface area (Å²) >= 11 is 0. The van der Waals surface area contributed by atoms with Crippen LogP contribution in [0.2, 0.25) is 0 Å². The van der Waals surface area contributed by atoms with Crippen molar-refractivity contribution in [1.82, 2.24) is 9.80 Å². The second kappa shape index (κ2) is 31.7. The molecule has 0 bridgehead atoms. The van der Waals surface area contributed by atoms with E-state index in [4.69, 9.17) is 0 Å². The Hall–Kier alpha value is -2.26. The van der Waals surface area contributed by atoms with Gasteiger partial charge in [-0.25, -0.2) is 0 Å². The van der Waals surface area contributed by atoms with Crippen LogP contribution in [0.5, 0.6) is 0 Å². The Kier molecular flexibility index (Phi) is 35.2. The maximum absolute atomic E-state index is 10.6. The van der Waals surface area contributed by atoms with Crippen LogP contribution in [0.25, 0.3) is 0 Å². The summed E-state index contributed by atoms with van der Waals surface area (Å²) in [6.07, 6.45) is 3.10. The molecule has 0 heterocycles. The minimum absolute atomic E-state index is 0. The average molecular weight is 664 g/mol. The summed E-state index contributed by atoms with van der Waals surface area (Å²) in [6.45, 7) is 9.88. The van der Waals surface area contributed by atoms with E-state index in [0.29, 0.717) is 0 Å². The Morgan fingerprint density at radius 3 is 1.07 bits per heavy atom. The zero-order valence-corrected chi connectivity index (χ0v) is 28.5. The normalized spacial score (nSPS) is 11.5. The van der Waals surface area contributed by atoms with E-state index in [2.05, 4.69) is 19.8 Å². The number of nitrogens with zero attached hydrogens (tertiary/aromatic N) is 4. The summed E-state index contributed by atoms with van der Waals surface area (Å²) in [4.78, 5) is 12.5. The second-order valence-electron chi connectivity index (χ2n) is 9.42. The van der Waals surface area contributed by atoms with Crippen molar-refractivity contribution in [2.75, 3.05) is 54.4 Å². The smallest absolute Gasteiger partial charge is 0.876 e. The third-order valence-electron chi connectivity index (χ3n) is 4.66. The monoisotopic (exact) mass is 664 g/mol. The molecule has 8 nitrogen and oxygen atoms in total. The van der Waals surface area contributed by atoms with E-state index in [9.17, 15) is 20.4 Å². The van der Waals surface area contributed by atoms with E-state index in [-0.39, 0.29) is 58.9 Å². The summed E-state index contributed by atoms with van der Waals surface area (Å²) in [7, 11) is 8.00. The number of hydrogen-bond donors (Lipinski definition) is 0. The van der Waals surface area contributed by atoms with Crippen LogP contribution in [0, 0.1) is 0 Å². The fraction of sp³-hybridized carbons (Fsp3) is 0.438. The average Bonchev–Trinajstić information content (AvgIpc) is 2.89. The fourth-order valence-electron chi connectivity index (χ4n) is 2.68. The van der Waals surface area contributed by atoms with Crippen molar-refractivity contribution < 1.29 is 54.6 Å². The third-order valence-corrected chi connectivity index (χ3v) is 4.66. The molecule has 0 atom stereocenters. The van der Waals surface area contributed by atoms with Crippen LogP contribution in [0.4, 0.5) is 0 Å². The summed E-state index contributed by atoms with van der Waals surface area (Å²) in [5.74, 6) is 0.113. The van der Waals surface area contributed by atoms with Crippen molar-refractivity contribution in [3.05, 3.63) is 95.5 Å². The molecule has 0 saturated carbocycles. The van der Waals surface area contributed by atoms with Gasteiger partial charge >= 0.3 is 34.1 Å². The number of aliphatic imine (C=N–C) groups is 2. The van der Waals surface area contributed by atoms with Crippen LogP contribution in [-0.4, -0.2) is 75.6 Å². The molecule has 42 heavy (non-hydrogen) atoms. The van der Waals surface area contributed by atoms with Crippen molar-refractivity contribution in [2.45, 2.75) is 40.9 Å². The van der Waals surface area contributed by atoms with Gasteiger partial charge in [0.25, 0.3) is 0 Å². The molecule has 0 N–H and O–H groups in total. The first kappa shape index (κ1) is 46.7. The van der Waals surface area contributed by atoms with Crippen LogP contribution in [0.15, 0.2) is 94.3 Å². The molecule has 0 aliphatic rings. The van der Waals surface area contributed by atoms with E-state index in [0.717, 1.165) is 48.7 Å². The van der Waals surface area contributed by atoms with Crippen LogP contribution >= 0.6 is 0 Å². The van der Waals surface area contributed by atoms with Gasteiger partial charge < -0.3 is 30.2 Å². The summed E-state index contributed by atoms with van der Waals surface area (Å²) in [5.41, 5.74) is 3.33. The molecule has 10 heteroatoms. The number of benzene rings is 2. The maximum atomic E-state index is 10.6. The third kappa shape index (κ3) is 35.8. The van der Waals surface area contributed by atoms with E-state index >= 15 is 0 Å². The van der Waals surface area contributed by atoms with Crippen molar-refractivity contribution in [1.29, 1.82) is 0 Å². The molecule has 2 rings (SSSR count). The van der Waals surface area contributed by atoms with E-state index in [1.54, 1.807) is 12.2 Å². The summed E-state index contributed by atoms with van der Waals surface area (Å²) < 4.78 is 0. The van der Waals surface area contributed by atoms with E-state index in [1.807, 2.05) is 103 Å². The SMILES string of the molecule is CC(/C=C(/C)[O-])=NCCN(C)C.CC(/C=C(/C)[O-])=NCCN(C)C.[Fe+3].[Fe+3].[O-]Cc1ccccc1.[O-]Cc1ccccc1. The van der Waals surface area contributed by atoms with Gasteiger partial charge in [0.15, 0.2) is 0 Å². The quantitative estimate of drug-likeness (QED) is 0.216. The Morgan fingerprint density at radius 2 is 0.881 bits per heavy atom. The molecular weight excluding hydrogens is 616 g/mol. The largest absolute Gasteiger partial charge is 3.00 e. The van der Waals surface area contributed by atoms with Gasteiger partial charge in [0.2, 0.25) is 0 Å². The fourth-order valence-corrected chi connectivity index (χ4v) is 2.68. The van der Waals surface area contributed by atoms with Gasteiger partial charge in [0.05, 0.1) is 13.1 Å². The van der Waals surface area contributed by atoms with Crippen LogP contribution in [0.1, 0.15) is 38.8 Å². The number of rotatable bonds is 10. The molecule has 2 aromatic carbocycles. The summed E-state index contributed by atoms with van der Waals surface area (Å²) in [6, 6.07) is 18.6. The minimum atomic E-state index is -0.110. The predicted octanol–water partition coefficient (Wildman–Crippen LogP) is 1.63. The Labute approximate surface area is 275 Å². The van der Waals surface area contributed by atoms with Gasteiger partial charge in [0.1, 0.15) is 0 Å². The van der Waals surface area contributed by atoms with E-state index in [1.165, 1.54) is 13.8 Å². The van der Waals surface area contributed by atoms with Crippen LogP contribution < -0.4 is 20.4 Å². The van der Waals surface area contributed by atoms with Gasteiger partial charge in [-0.05, 0) is 42.0 Å². The molecule has 0 unspecified atom stereocenters. The van der Waals surface area contributed by atoms with Crippen molar-refractivity contribution in [3.8, 4) is 0 Å². The van der Waals surface area contributed by atoms with Crippen molar-refractivity contribution in [3.63, 3.8) is 0 Å².